The standard InChI is InChI=1S/C37H32O8/c1-19(2)27-15-21(7-13-31(27)42-23-9-11-25-29(17-23)35(40)44-33(25)38)37(5,6)22-8-14-32(28(16-22)20(3)4)43-24-10-12-26-30(18-24)36(41)45-34(26)39/h7-20H,1-6H3. The van der Waals surface area contributed by atoms with Crippen LogP contribution in [0.5, 0.6) is 23.0 Å². The van der Waals surface area contributed by atoms with Gasteiger partial charge in [0.2, 0.25) is 0 Å². The summed E-state index contributed by atoms with van der Waals surface area (Å²) in [4.78, 5) is 47.8. The summed E-state index contributed by atoms with van der Waals surface area (Å²) in [6.45, 7) is 12.7. The number of esters is 4. The van der Waals surface area contributed by atoms with Gasteiger partial charge in [-0.1, -0.05) is 65.8 Å². The van der Waals surface area contributed by atoms with E-state index >= 15 is 0 Å². The Balaban J connectivity index is 1.29. The maximum absolute atomic E-state index is 12.1. The van der Waals surface area contributed by atoms with Gasteiger partial charge in [-0.05, 0) is 82.6 Å². The van der Waals surface area contributed by atoms with Crippen LogP contribution in [0.25, 0.3) is 0 Å². The van der Waals surface area contributed by atoms with E-state index in [4.69, 9.17) is 18.9 Å². The van der Waals surface area contributed by atoms with Crippen molar-refractivity contribution in [3.05, 3.63) is 117 Å². The summed E-state index contributed by atoms with van der Waals surface area (Å²) >= 11 is 0. The molecule has 45 heavy (non-hydrogen) atoms. The van der Waals surface area contributed by atoms with Crippen LogP contribution in [0.15, 0.2) is 72.8 Å². The van der Waals surface area contributed by atoms with Gasteiger partial charge in [-0.25, -0.2) is 19.2 Å². The third kappa shape index (κ3) is 5.37. The summed E-state index contributed by atoms with van der Waals surface area (Å²) in [5.74, 6) is -0.164. The highest BCUT2D eigenvalue weighted by molar-refractivity contribution is 6.15. The van der Waals surface area contributed by atoms with Gasteiger partial charge in [0.05, 0.1) is 22.3 Å². The van der Waals surface area contributed by atoms with Crippen molar-refractivity contribution in [2.24, 2.45) is 0 Å². The van der Waals surface area contributed by atoms with E-state index in [0.29, 0.717) is 23.0 Å². The van der Waals surface area contributed by atoms with Crippen molar-refractivity contribution in [1.82, 2.24) is 0 Å². The lowest BCUT2D eigenvalue weighted by Crippen LogP contribution is -2.20. The highest BCUT2D eigenvalue weighted by Gasteiger charge is 2.32. The topological polar surface area (TPSA) is 105 Å². The zero-order valence-corrected chi connectivity index (χ0v) is 25.8. The van der Waals surface area contributed by atoms with Crippen molar-refractivity contribution in [3.8, 4) is 23.0 Å². The Morgan fingerprint density at radius 1 is 0.511 bits per heavy atom. The number of cyclic esters (lactones) is 4. The largest absolute Gasteiger partial charge is 0.457 e. The summed E-state index contributed by atoms with van der Waals surface area (Å²) in [6.07, 6.45) is 0. The molecule has 0 aromatic heterocycles. The number of ether oxygens (including phenoxy) is 4. The molecule has 0 N–H and O–H groups in total. The molecule has 6 rings (SSSR count). The van der Waals surface area contributed by atoms with Gasteiger partial charge in [0.1, 0.15) is 23.0 Å². The van der Waals surface area contributed by atoms with E-state index in [-0.39, 0.29) is 39.5 Å². The number of hydrogen-bond acceptors (Lipinski definition) is 8. The molecule has 0 unspecified atom stereocenters. The normalized spacial score (nSPS) is 14.0. The van der Waals surface area contributed by atoms with Gasteiger partial charge in [0.15, 0.2) is 0 Å². The minimum Gasteiger partial charge on any atom is -0.457 e. The molecule has 0 fully saturated rings. The van der Waals surface area contributed by atoms with Gasteiger partial charge in [-0.3, -0.25) is 0 Å². The second-order valence-electron chi connectivity index (χ2n) is 12.4. The van der Waals surface area contributed by atoms with Crippen molar-refractivity contribution in [3.63, 3.8) is 0 Å². The van der Waals surface area contributed by atoms with Crippen LogP contribution in [0.1, 0.15) is 117 Å². The Bertz CT molecular complexity index is 1780. The summed E-state index contributed by atoms with van der Waals surface area (Å²) in [5, 5.41) is 0. The SMILES string of the molecule is CC(C)c1cc(C(C)(C)c2ccc(Oc3ccc4c(c3)C(=O)OC4=O)c(C(C)C)c2)ccc1Oc1ccc2c(c1)C(=O)OC2=O. The first kappa shape index (κ1) is 29.8. The quantitative estimate of drug-likeness (QED) is 0.146. The van der Waals surface area contributed by atoms with Gasteiger partial charge >= 0.3 is 23.9 Å². The number of fused-ring (bicyclic) bond motifs is 2. The molecule has 0 atom stereocenters. The van der Waals surface area contributed by atoms with E-state index < -0.39 is 23.9 Å². The molecule has 2 heterocycles. The highest BCUT2D eigenvalue weighted by atomic mass is 16.6. The first-order chi connectivity index (χ1) is 21.3. The van der Waals surface area contributed by atoms with E-state index in [0.717, 1.165) is 22.3 Å². The lowest BCUT2D eigenvalue weighted by molar-refractivity contribution is 0.0425. The number of carbonyl (C=O) groups excluding carboxylic acids is 4. The van der Waals surface area contributed by atoms with Crippen molar-refractivity contribution >= 4 is 23.9 Å². The monoisotopic (exact) mass is 604 g/mol. The van der Waals surface area contributed by atoms with Crippen LogP contribution < -0.4 is 9.47 Å². The molecule has 0 saturated heterocycles. The van der Waals surface area contributed by atoms with E-state index in [1.54, 1.807) is 24.3 Å². The molecule has 8 nitrogen and oxygen atoms in total. The summed E-state index contributed by atoms with van der Waals surface area (Å²) in [5.41, 5.74) is 4.65. The van der Waals surface area contributed by atoms with Crippen LogP contribution in [0.2, 0.25) is 0 Å². The maximum Gasteiger partial charge on any atom is 0.347 e. The summed E-state index contributed by atoms with van der Waals surface area (Å²) in [7, 11) is 0. The molecular weight excluding hydrogens is 572 g/mol. The van der Waals surface area contributed by atoms with E-state index in [1.807, 2.05) is 24.3 Å². The van der Waals surface area contributed by atoms with Crippen LogP contribution in [-0.2, 0) is 14.9 Å². The van der Waals surface area contributed by atoms with Crippen molar-refractivity contribution in [1.29, 1.82) is 0 Å². The zero-order valence-electron chi connectivity index (χ0n) is 25.8. The second-order valence-corrected chi connectivity index (χ2v) is 12.4. The van der Waals surface area contributed by atoms with Crippen molar-refractivity contribution in [2.75, 3.05) is 0 Å². The average molecular weight is 605 g/mol. The fourth-order valence-corrected chi connectivity index (χ4v) is 5.64. The maximum atomic E-state index is 12.1. The smallest absolute Gasteiger partial charge is 0.347 e. The van der Waals surface area contributed by atoms with Gasteiger partial charge in [-0.15, -0.1) is 0 Å². The predicted molar refractivity (Wildman–Crippen MR) is 166 cm³/mol. The van der Waals surface area contributed by atoms with Crippen LogP contribution in [0.4, 0.5) is 0 Å². The molecule has 2 aliphatic rings. The van der Waals surface area contributed by atoms with Crippen LogP contribution in [-0.4, -0.2) is 23.9 Å². The molecule has 228 valence electrons. The second kappa shape index (κ2) is 11.0. The molecule has 0 bridgehead atoms. The summed E-state index contributed by atoms with van der Waals surface area (Å²) in [6, 6.07) is 21.7. The molecule has 8 heteroatoms. The fourth-order valence-electron chi connectivity index (χ4n) is 5.64. The number of benzene rings is 4. The lowest BCUT2D eigenvalue weighted by atomic mass is 9.76. The number of rotatable bonds is 8. The molecule has 0 amide bonds. The molecular formula is C37H32O8. The molecule has 0 saturated carbocycles. The Hall–Kier alpha value is -5.24. The minimum atomic E-state index is -0.674. The van der Waals surface area contributed by atoms with Crippen LogP contribution in [0, 0.1) is 0 Å². The minimum absolute atomic E-state index is 0.138. The van der Waals surface area contributed by atoms with Gasteiger partial charge in [0.25, 0.3) is 0 Å². The molecule has 2 aliphatic heterocycles. The van der Waals surface area contributed by atoms with Crippen LogP contribution in [0.3, 0.4) is 0 Å². The first-order valence-corrected chi connectivity index (χ1v) is 14.8. The Morgan fingerprint density at radius 2 is 0.889 bits per heavy atom. The van der Waals surface area contributed by atoms with E-state index in [1.165, 1.54) is 12.1 Å². The lowest BCUT2D eigenvalue weighted by Gasteiger charge is -2.29. The Morgan fingerprint density at radius 3 is 1.27 bits per heavy atom. The highest BCUT2D eigenvalue weighted by Crippen LogP contribution is 2.41. The van der Waals surface area contributed by atoms with E-state index in [2.05, 4.69) is 53.7 Å². The fraction of sp³-hybridized carbons (Fsp3) is 0.243. The third-order valence-electron chi connectivity index (χ3n) is 8.40. The first-order valence-electron chi connectivity index (χ1n) is 14.8. The van der Waals surface area contributed by atoms with Gasteiger partial charge in [0, 0.05) is 5.41 Å². The van der Waals surface area contributed by atoms with Crippen molar-refractivity contribution < 1.29 is 38.1 Å². The zero-order chi connectivity index (χ0) is 32.2. The predicted octanol–water partition coefficient (Wildman–Crippen LogP) is 8.47. The summed E-state index contributed by atoms with van der Waals surface area (Å²) < 4.78 is 21.9. The molecule has 4 aromatic rings. The number of hydrogen-bond donors (Lipinski definition) is 0. The molecule has 4 aromatic carbocycles. The van der Waals surface area contributed by atoms with Crippen molar-refractivity contribution in [2.45, 2.75) is 58.8 Å². The molecule has 0 spiro atoms. The number of carbonyl (C=O) groups is 4. The van der Waals surface area contributed by atoms with E-state index in [9.17, 15) is 19.2 Å². The average Bonchev–Trinajstić information content (AvgIpc) is 3.45. The Kier molecular flexibility index (Phi) is 7.31. The molecule has 0 radical (unpaired) electrons. The third-order valence-corrected chi connectivity index (χ3v) is 8.40. The van der Waals surface area contributed by atoms with Crippen LogP contribution >= 0.6 is 0 Å². The van der Waals surface area contributed by atoms with Gasteiger partial charge in [-0.2, -0.15) is 0 Å². The Labute approximate surface area is 260 Å². The van der Waals surface area contributed by atoms with Gasteiger partial charge < -0.3 is 18.9 Å². The molecule has 0 aliphatic carbocycles.